The van der Waals surface area contributed by atoms with Crippen LogP contribution in [-0.4, -0.2) is 23.8 Å². The van der Waals surface area contributed by atoms with Gasteiger partial charge >= 0.3 is 7.48 Å². The summed E-state index contributed by atoms with van der Waals surface area (Å²) in [5.41, 5.74) is 4.95. The van der Waals surface area contributed by atoms with Crippen LogP contribution in [0.4, 0.5) is 0 Å². The molecule has 4 aromatic carbocycles. The highest BCUT2D eigenvalue weighted by Crippen LogP contribution is 2.51. The molecule has 0 unspecified atom stereocenters. The maximum Gasteiger partial charge on any atom is 0.309 e. The number of thiophene rings is 1. The number of hydrogen-bond donors (Lipinski definition) is 1. The number of fused-ring (bicyclic) bond motifs is 7. The largest absolute Gasteiger partial charge is 0.427 e. The smallest absolute Gasteiger partial charge is 0.309 e. The summed E-state index contributed by atoms with van der Waals surface area (Å²) in [7, 11) is 0.477. The molecule has 1 heterocycles. The van der Waals surface area contributed by atoms with E-state index in [1.54, 1.807) is 13.8 Å². The van der Waals surface area contributed by atoms with Crippen LogP contribution in [0, 0.1) is 0 Å². The lowest BCUT2D eigenvalue weighted by Crippen LogP contribution is -2.49. The Morgan fingerprint density at radius 1 is 0.719 bits per heavy atom. The minimum Gasteiger partial charge on any atom is -0.427 e. The molecule has 32 heavy (non-hydrogen) atoms. The molecule has 1 aliphatic rings. The quantitative estimate of drug-likeness (QED) is 0.324. The van der Waals surface area contributed by atoms with Crippen molar-refractivity contribution in [3.63, 3.8) is 0 Å². The molecular formula is C28H25BO2S. The summed E-state index contributed by atoms with van der Waals surface area (Å²) in [5.74, 6) is 0. The zero-order chi connectivity index (χ0) is 22.3. The van der Waals surface area contributed by atoms with Crippen LogP contribution in [0.5, 0.6) is 0 Å². The highest BCUT2D eigenvalue weighted by Gasteiger charge is 2.35. The first-order valence-corrected chi connectivity index (χ1v) is 11.9. The fourth-order valence-electron chi connectivity index (χ4n) is 4.71. The van der Waals surface area contributed by atoms with E-state index in [-0.39, 0.29) is 0 Å². The Balaban J connectivity index is 1.50. The van der Waals surface area contributed by atoms with Gasteiger partial charge in [-0.2, -0.15) is 0 Å². The van der Waals surface area contributed by atoms with Crippen LogP contribution in [-0.2, 0) is 4.65 Å². The minimum atomic E-state index is -0.911. The minimum absolute atomic E-state index is 0.477. The molecule has 0 amide bonds. The van der Waals surface area contributed by atoms with E-state index in [2.05, 4.69) is 66.7 Å². The van der Waals surface area contributed by atoms with Crippen LogP contribution >= 0.6 is 11.3 Å². The van der Waals surface area contributed by atoms with Gasteiger partial charge in [0.05, 0.1) is 11.2 Å². The van der Waals surface area contributed by atoms with Gasteiger partial charge in [0.2, 0.25) is 0 Å². The molecule has 0 fully saturated rings. The van der Waals surface area contributed by atoms with Crippen LogP contribution in [0.15, 0.2) is 66.7 Å². The first-order chi connectivity index (χ1) is 15.2. The van der Waals surface area contributed by atoms with Crippen molar-refractivity contribution in [2.45, 2.75) is 38.9 Å². The van der Waals surface area contributed by atoms with Crippen molar-refractivity contribution >= 4 is 55.2 Å². The van der Waals surface area contributed by atoms with E-state index in [4.69, 9.17) is 4.65 Å². The van der Waals surface area contributed by atoms with Gasteiger partial charge in [-0.05, 0) is 72.9 Å². The second-order valence-corrected chi connectivity index (χ2v) is 10.9. The topological polar surface area (TPSA) is 29.5 Å². The lowest BCUT2D eigenvalue weighted by atomic mass is 9.82. The average molecular weight is 436 g/mol. The zero-order valence-corrected chi connectivity index (χ0v) is 19.6. The Labute approximate surface area is 192 Å². The van der Waals surface area contributed by atoms with Crippen molar-refractivity contribution in [1.82, 2.24) is 0 Å². The molecule has 1 aliphatic carbocycles. The summed E-state index contributed by atoms with van der Waals surface area (Å²) in [4.78, 5) is 0. The van der Waals surface area contributed by atoms with Crippen molar-refractivity contribution < 1.29 is 9.76 Å². The van der Waals surface area contributed by atoms with E-state index >= 15 is 0 Å². The van der Waals surface area contributed by atoms with Gasteiger partial charge in [0.25, 0.3) is 0 Å². The summed E-state index contributed by atoms with van der Waals surface area (Å²) in [6, 6.07) is 24.5. The fraction of sp³-hybridized carbons (Fsp3) is 0.214. The molecule has 0 aliphatic heterocycles. The van der Waals surface area contributed by atoms with Gasteiger partial charge in [-0.1, -0.05) is 60.1 Å². The van der Waals surface area contributed by atoms with Gasteiger partial charge in [0, 0.05) is 20.2 Å². The van der Waals surface area contributed by atoms with Crippen molar-refractivity contribution in [3.8, 4) is 22.3 Å². The van der Waals surface area contributed by atoms with Crippen molar-refractivity contribution in [1.29, 1.82) is 0 Å². The van der Waals surface area contributed by atoms with E-state index in [1.165, 1.54) is 53.2 Å². The Hall–Kier alpha value is -2.66. The lowest BCUT2D eigenvalue weighted by molar-refractivity contribution is -0.0893. The van der Waals surface area contributed by atoms with Crippen LogP contribution in [0.1, 0.15) is 27.7 Å². The third-order valence-corrected chi connectivity index (χ3v) is 8.34. The Bertz CT molecular complexity index is 1540. The third kappa shape index (κ3) is 2.80. The molecule has 1 N–H and O–H groups in total. The Morgan fingerprint density at radius 2 is 1.44 bits per heavy atom. The van der Waals surface area contributed by atoms with Crippen molar-refractivity contribution in [2.75, 3.05) is 0 Å². The SMILES string of the molecule is CC(C)(O)C(C)(C)OBc1ccc2c(c1)sc1cc3c4c(cccc4c12)-c1ccccc1-3. The summed E-state index contributed by atoms with van der Waals surface area (Å²) in [5, 5.41) is 15.8. The summed E-state index contributed by atoms with van der Waals surface area (Å²) in [6.07, 6.45) is 0. The second kappa shape index (κ2) is 6.68. The van der Waals surface area contributed by atoms with Crippen molar-refractivity contribution in [2.24, 2.45) is 0 Å². The van der Waals surface area contributed by atoms with E-state index in [0.717, 1.165) is 5.46 Å². The highest BCUT2D eigenvalue weighted by atomic mass is 32.1. The number of hydrogen-bond acceptors (Lipinski definition) is 3. The van der Waals surface area contributed by atoms with E-state index in [9.17, 15) is 5.11 Å². The van der Waals surface area contributed by atoms with Gasteiger partial charge in [0.1, 0.15) is 0 Å². The Morgan fingerprint density at radius 3 is 2.19 bits per heavy atom. The normalized spacial score (nSPS) is 13.3. The van der Waals surface area contributed by atoms with Crippen LogP contribution in [0.2, 0.25) is 0 Å². The van der Waals surface area contributed by atoms with Gasteiger partial charge in [-0.3, -0.25) is 0 Å². The number of rotatable bonds is 4. The third-order valence-electron chi connectivity index (χ3n) is 7.24. The van der Waals surface area contributed by atoms with Gasteiger partial charge in [0.15, 0.2) is 0 Å². The number of benzene rings is 4. The Kier molecular flexibility index (Phi) is 4.17. The molecule has 0 spiro atoms. The van der Waals surface area contributed by atoms with Gasteiger partial charge in [-0.25, -0.2) is 0 Å². The zero-order valence-electron chi connectivity index (χ0n) is 18.8. The molecule has 158 valence electrons. The molecule has 0 saturated carbocycles. The van der Waals surface area contributed by atoms with E-state index in [1.807, 2.05) is 25.2 Å². The summed E-state index contributed by atoms with van der Waals surface area (Å²) >= 11 is 1.85. The monoisotopic (exact) mass is 436 g/mol. The maximum atomic E-state index is 10.4. The standard InChI is InChI=1S/C28H25BO2S/c1-27(2,30)28(3,4)31-29-16-12-13-20-23(14-16)32-24-15-22-18-9-6-5-8-17(18)19-10-7-11-21(25(19)22)26(20)24/h5-15,29-30H,1-4H3. The molecule has 0 bridgehead atoms. The first kappa shape index (κ1) is 20.0. The van der Waals surface area contributed by atoms with Gasteiger partial charge < -0.3 is 9.76 Å². The van der Waals surface area contributed by atoms with Crippen molar-refractivity contribution in [3.05, 3.63) is 66.7 Å². The predicted octanol–water partition coefficient (Wildman–Crippen LogP) is 6.40. The fourth-order valence-corrected chi connectivity index (χ4v) is 5.94. The molecule has 5 aromatic rings. The molecule has 0 radical (unpaired) electrons. The summed E-state index contributed by atoms with van der Waals surface area (Å²) in [6.45, 7) is 7.46. The molecule has 0 saturated heterocycles. The molecular weight excluding hydrogens is 411 g/mol. The van der Waals surface area contributed by atoms with Crippen LogP contribution in [0.25, 0.3) is 53.2 Å². The van der Waals surface area contributed by atoms with Crippen LogP contribution in [0.3, 0.4) is 0 Å². The molecule has 1 aromatic heterocycles. The predicted molar refractivity (Wildman–Crippen MR) is 140 cm³/mol. The molecule has 4 heteroatoms. The molecule has 0 atom stereocenters. The second-order valence-electron chi connectivity index (χ2n) is 9.86. The first-order valence-electron chi connectivity index (χ1n) is 11.1. The molecule has 2 nitrogen and oxygen atoms in total. The van der Waals surface area contributed by atoms with E-state index < -0.39 is 11.2 Å². The number of aliphatic hydroxyl groups is 1. The van der Waals surface area contributed by atoms with Crippen LogP contribution < -0.4 is 5.46 Å². The summed E-state index contributed by atoms with van der Waals surface area (Å²) < 4.78 is 8.71. The van der Waals surface area contributed by atoms with E-state index in [0.29, 0.717) is 7.48 Å². The highest BCUT2D eigenvalue weighted by molar-refractivity contribution is 7.26. The van der Waals surface area contributed by atoms with Gasteiger partial charge in [-0.15, -0.1) is 11.3 Å². The lowest BCUT2D eigenvalue weighted by Gasteiger charge is -2.37. The average Bonchev–Trinajstić information content (AvgIpc) is 3.29. The molecule has 6 rings (SSSR count). The maximum absolute atomic E-state index is 10.4.